The van der Waals surface area contributed by atoms with Gasteiger partial charge in [0.05, 0.1) is 19.9 Å². The molecule has 0 spiro atoms. The van der Waals surface area contributed by atoms with Crippen LogP contribution in [0.1, 0.15) is 20.3 Å². The number of methoxy groups -OCH3 is 2. The van der Waals surface area contributed by atoms with Crippen molar-refractivity contribution in [1.82, 2.24) is 0 Å². The summed E-state index contributed by atoms with van der Waals surface area (Å²) in [7, 11) is 3.13. The molecule has 0 bridgehead atoms. The van der Waals surface area contributed by atoms with Crippen molar-refractivity contribution in [2.24, 2.45) is 11.1 Å². The monoisotopic (exact) mass is 266 g/mol. The summed E-state index contributed by atoms with van der Waals surface area (Å²) in [5, 5.41) is 2.83. The van der Waals surface area contributed by atoms with Gasteiger partial charge < -0.3 is 20.5 Å². The zero-order chi connectivity index (χ0) is 14.5. The van der Waals surface area contributed by atoms with Crippen LogP contribution in [-0.2, 0) is 4.79 Å². The van der Waals surface area contributed by atoms with Crippen LogP contribution < -0.4 is 20.5 Å². The summed E-state index contributed by atoms with van der Waals surface area (Å²) < 4.78 is 10.3. The van der Waals surface area contributed by atoms with Gasteiger partial charge in [0.15, 0.2) is 0 Å². The Kier molecular flexibility index (Phi) is 5.18. The molecule has 0 unspecified atom stereocenters. The Morgan fingerprint density at radius 2 is 2.00 bits per heavy atom. The summed E-state index contributed by atoms with van der Waals surface area (Å²) in [4.78, 5) is 12.0. The lowest BCUT2D eigenvalue weighted by Crippen LogP contribution is -2.29. The molecule has 3 N–H and O–H groups in total. The highest BCUT2D eigenvalue weighted by atomic mass is 16.5. The molecular weight excluding hydrogens is 244 g/mol. The third-order valence-corrected chi connectivity index (χ3v) is 2.87. The third kappa shape index (κ3) is 4.44. The number of ether oxygens (including phenoxy) is 2. The van der Waals surface area contributed by atoms with Crippen molar-refractivity contribution in [2.45, 2.75) is 20.3 Å². The highest BCUT2D eigenvalue weighted by Crippen LogP contribution is 2.29. The Labute approximate surface area is 114 Å². The van der Waals surface area contributed by atoms with E-state index in [0.29, 0.717) is 30.2 Å². The van der Waals surface area contributed by atoms with Gasteiger partial charge in [0.2, 0.25) is 5.91 Å². The molecule has 0 aliphatic heterocycles. The van der Waals surface area contributed by atoms with Crippen molar-refractivity contribution < 1.29 is 14.3 Å². The van der Waals surface area contributed by atoms with E-state index in [4.69, 9.17) is 15.2 Å². The second-order valence-electron chi connectivity index (χ2n) is 5.16. The van der Waals surface area contributed by atoms with Crippen LogP contribution in [0.3, 0.4) is 0 Å². The first-order valence-corrected chi connectivity index (χ1v) is 6.14. The predicted molar refractivity (Wildman–Crippen MR) is 75.6 cm³/mol. The molecule has 1 rings (SSSR count). The summed E-state index contributed by atoms with van der Waals surface area (Å²) in [5.41, 5.74) is 6.00. The second kappa shape index (κ2) is 6.43. The van der Waals surface area contributed by atoms with Gasteiger partial charge in [0.1, 0.15) is 11.5 Å². The van der Waals surface area contributed by atoms with E-state index in [1.807, 2.05) is 13.8 Å². The van der Waals surface area contributed by atoms with E-state index in [9.17, 15) is 4.79 Å². The second-order valence-corrected chi connectivity index (χ2v) is 5.16. The van der Waals surface area contributed by atoms with E-state index < -0.39 is 0 Å². The Morgan fingerprint density at radius 1 is 1.32 bits per heavy atom. The van der Waals surface area contributed by atoms with Gasteiger partial charge in [-0.1, -0.05) is 13.8 Å². The van der Waals surface area contributed by atoms with Crippen LogP contribution in [0, 0.1) is 5.41 Å². The first-order valence-electron chi connectivity index (χ1n) is 6.14. The number of rotatable bonds is 6. The molecule has 0 heterocycles. The van der Waals surface area contributed by atoms with Crippen LogP contribution >= 0.6 is 0 Å². The van der Waals surface area contributed by atoms with Crippen LogP contribution in [0.15, 0.2) is 18.2 Å². The smallest absolute Gasteiger partial charge is 0.225 e. The molecular formula is C14H22N2O3. The number of amides is 1. The molecule has 0 saturated heterocycles. The maximum absolute atomic E-state index is 12.0. The fourth-order valence-electron chi connectivity index (χ4n) is 1.61. The molecule has 0 fully saturated rings. The van der Waals surface area contributed by atoms with E-state index in [0.717, 1.165) is 0 Å². The highest BCUT2D eigenvalue weighted by molar-refractivity contribution is 5.92. The van der Waals surface area contributed by atoms with E-state index in [2.05, 4.69) is 5.32 Å². The summed E-state index contributed by atoms with van der Waals surface area (Å²) in [6, 6.07) is 5.26. The number of nitrogens with two attached hydrogens (primary N) is 1. The molecule has 0 atom stereocenters. The standard InChI is InChI=1S/C14H22N2O3/c1-14(2,9-15)8-13(17)16-11-7-10(18-3)5-6-12(11)19-4/h5-7H,8-9,15H2,1-4H3,(H,16,17). The normalized spacial score (nSPS) is 11.0. The Hall–Kier alpha value is -1.75. The van der Waals surface area contributed by atoms with E-state index in [-0.39, 0.29) is 11.3 Å². The average molecular weight is 266 g/mol. The van der Waals surface area contributed by atoms with Crippen molar-refractivity contribution in [3.8, 4) is 11.5 Å². The van der Waals surface area contributed by atoms with Crippen LogP contribution in [0.2, 0.25) is 0 Å². The molecule has 1 aromatic carbocycles. The van der Waals surface area contributed by atoms with Crippen LogP contribution in [0.25, 0.3) is 0 Å². The first kappa shape index (κ1) is 15.3. The lowest BCUT2D eigenvalue weighted by Gasteiger charge is -2.21. The lowest BCUT2D eigenvalue weighted by molar-refractivity contribution is -0.117. The van der Waals surface area contributed by atoms with Gasteiger partial charge >= 0.3 is 0 Å². The summed E-state index contributed by atoms with van der Waals surface area (Å²) in [6.45, 7) is 4.36. The van der Waals surface area contributed by atoms with E-state index in [1.54, 1.807) is 32.4 Å². The summed E-state index contributed by atoms with van der Waals surface area (Å²) in [6.07, 6.45) is 0.351. The molecule has 0 aliphatic rings. The van der Waals surface area contributed by atoms with Crippen molar-refractivity contribution in [3.05, 3.63) is 18.2 Å². The van der Waals surface area contributed by atoms with Crippen molar-refractivity contribution in [2.75, 3.05) is 26.1 Å². The predicted octanol–water partition coefficient (Wildman–Crippen LogP) is 2.02. The van der Waals surface area contributed by atoms with Gasteiger partial charge in [-0.05, 0) is 24.1 Å². The van der Waals surface area contributed by atoms with Crippen LogP contribution in [0.4, 0.5) is 5.69 Å². The molecule has 0 saturated carbocycles. The molecule has 1 amide bonds. The minimum atomic E-state index is -0.226. The van der Waals surface area contributed by atoms with Gasteiger partial charge in [-0.3, -0.25) is 4.79 Å². The summed E-state index contributed by atoms with van der Waals surface area (Å²) >= 11 is 0. The van der Waals surface area contributed by atoms with E-state index in [1.165, 1.54) is 0 Å². The Balaban J connectivity index is 2.83. The van der Waals surface area contributed by atoms with Gasteiger partial charge in [0, 0.05) is 12.5 Å². The molecule has 106 valence electrons. The average Bonchev–Trinajstić information content (AvgIpc) is 2.37. The minimum absolute atomic E-state index is 0.0954. The molecule has 5 nitrogen and oxygen atoms in total. The number of nitrogens with one attached hydrogen (secondary N) is 1. The number of hydrogen-bond donors (Lipinski definition) is 2. The maximum Gasteiger partial charge on any atom is 0.225 e. The molecule has 0 aliphatic carbocycles. The zero-order valence-corrected chi connectivity index (χ0v) is 11.9. The van der Waals surface area contributed by atoms with Gasteiger partial charge in [-0.15, -0.1) is 0 Å². The SMILES string of the molecule is COc1ccc(OC)c(NC(=O)CC(C)(C)CN)c1. The lowest BCUT2D eigenvalue weighted by atomic mass is 9.89. The molecule has 0 radical (unpaired) electrons. The van der Waals surface area contributed by atoms with Gasteiger partial charge in [-0.25, -0.2) is 0 Å². The van der Waals surface area contributed by atoms with Gasteiger partial charge in [-0.2, -0.15) is 0 Å². The fraction of sp³-hybridized carbons (Fsp3) is 0.500. The number of benzene rings is 1. The Morgan fingerprint density at radius 3 is 2.53 bits per heavy atom. The van der Waals surface area contributed by atoms with Crippen LogP contribution in [0.5, 0.6) is 11.5 Å². The highest BCUT2D eigenvalue weighted by Gasteiger charge is 2.21. The third-order valence-electron chi connectivity index (χ3n) is 2.87. The minimum Gasteiger partial charge on any atom is -0.497 e. The van der Waals surface area contributed by atoms with Gasteiger partial charge in [0.25, 0.3) is 0 Å². The molecule has 5 heteroatoms. The van der Waals surface area contributed by atoms with Crippen molar-refractivity contribution in [3.63, 3.8) is 0 Å². The number of carbonyl (C=O) groups is 1. The number of hydrogen-bond acceptors (Lipinski definition) is 4. The largest absolute Gasteiger partial charge is 0.497 e. The Bertz CT molecular complexity index is 444. The first-order chi connectivity index (χ1) is 8.91. The van der Waals surface area contributed by atoms with Crippen molar-refractivity contribution >= 4 is 11.6 Å². The molecule has 19 heavy (non-hydrogen) atoms. The topological polar surface area (TPSA) is 73.6 Å². The number of anilines is 1. The fourth-order valence-corrected chi connectivity index (χ4v) is 1.61. The maximum atomic E-state index is 12.0. The number of carbonyl (C=O) groups excluding carboxylic acids is 1. The van der Waals surface area contributed by atoms with Crippen LogP contribution in [-0.4, -0.2) is 26.7 Å². The molecule has 0 aromatic heterocycles. The summed E-state index contributed by atoms with van der Waals surface area (Å²) in [5.74, 6) is 1.16. The quantitative estimate of drug-likeness (QED) is 0.826. The van der Waals surface area contributed by atoms with Crippen molar-refractivity contribution in [1.29, 1.82) is 0 Å². The molecule has 1 aromatic rings. The van der Waals surface area contributed by atoms with E-state index >= 15 is 0 Å². The zero-order valence-electron chi connectivity index (χ0n) is 11.9.